The lowest BCUT2D eigenvalue weighted by Gasteiger charge is -2.18. The third kappa shape index (κ3) is 3.01. The molecule has 118 valence electrons. The highest BCUT2D eigenvalue weighted by molar-refractivity contribution is 5.77. The number of nitrogens with one attached hydrogen (secondary N) is 1. The van der Waals surface area contributed by atoms with Crippen molar-refractivity contribution in [3.63, 3.8) is 0 Å². The van der Waals surface area contributed by atoms with Crippen molar-refractivity contribution in [2.45, 2.75) is 31.3 Å². The van der Waals surface area contributed by atoms with Gasteiger partial charge in [0.2, 0.25) is 5.91 Å². The Morgan fingerprint density at radius 3 is 2.87 bits per heavy atom. The van der Waals surface area contributed by atoms with Crippen LogP contribution in [0.4, 0.5) is 0 Å². The molecule has 1 amide bonds. The van der Waals surface area contributed by atoms with E-state index in [1.807, 2.05) is 18.2 Å². The lowest BCUT2D eigenvalue weighted by molar-refractivity contribution is -0.122. The SMILES string of the molecule is Cn1cnn(CCC(=O)NC2(c3cccc(C#N)c3)CC2)c1=O. The number of carbonyl (C=O) groups is 1. The van der Waals surface area contributed by atoms with E-state index in [-0.39, 0.29) is 30.1 Å². The molecule has 1 heterocycles. The zero-order valence-corrected chi connectivity index (χ0v) is 12.8. The molecular formula is C16H17N5O2. The molecular weight excluding hydrogens is 294 g/mol. The van der Waals surface area contributed by atoms with Gasteiger partial charge >= 0.3 is 5.69 Å². The average Bonchev–Trinajstić information content (AvgIpc) is 3.27. The summed E-state index contributed by atoms with van der Waals surface area (Å²) in [6.07, 6.45) is 3.33. The highest BCUT2D eigenvalue weighted by Crippen LogP contribution is 2.45. The van der Waals surface area contributed by atoms with Crippen molar-refractivity contribution in [3.05, 3.63) is 52.2 Å². The van der Waals surface area contributed by atoms with Gasteiger partial charge in [0.05, 0.1) is 23.7 Å². The topological polar surface area (TPSA) is 92.7 Å². The monoisotopic (exact) mass is 311 g/mol. The number of benzene rings is 1. The number of hydrogen-bond acceptors (Lipinski definition) is 4. The fraction of sp³-hybridized carbons (Fsp3) is 0.375. The molecule has 0 saturated heterocycles. The largest absolute Gasteiger partial charge is 0.347 e. The summed E-state index contributed by atoms with van der Waals surface area (Å²) in [4.78, 5) is 23.9. The van der Waals surface area contributed by atoms with E-state index >= 15 is 0 Å². The first-order chi connectivity index (χ1) is 11.0. The summed E-state index contributed by atoms with van der Waals surface area (Å²) in [5, 5.41) is 16.0. The number of carbonyl (C=O) groups excluding carboxylic acids is 1. The number of amides is 1. The van der Waals surface area contributed by atoms with Crippen molar-refractivity contribution in [2.24, 2.45) is 7.05 Å². The zero-order valence-electron chi connectivity index (χ0n) is 12.8. The number of rotatable bonds is 5. The summed E-state index contributed by atoms with van der Waals surface area (Å²) < 4.78 is 2.64. The number of aromatic nitrogens is 3. The van der Waals surface area contributed by atoms with Gasteiger partial charge in [-0.25, -0.2) is 9.48 Å². The third-order valence-corrected chi connectivity index (χ3v) is 4.11. The van der Waals surface area contributed by atoms with Gasteiger partial charge in [-0.1, -0.05) is 12.1 Å². The van der Waals surface area contributed by atoms with Crippen LogP contribution in [-0.2, 0) is 23.9 Å². The number of nitriles is 1. The number of nitrogens with zero attached hydrogens (tertiary/aromatic N) is 4. The van der Waals surface area contributed by atoms with Gasteiger partial charge < -0.3 is 5.32 Å². The highest BCUT2D eigenvalue weighted by Gasteiger charge is 2.45. The Kier molecular flexibility index (Phi) is 3.74. The van der Waals surface area contributed by atoms with E-state index in [1.54, 1.807) is 13.1 Å². The molecule has 3 rings (SSSR count). The van der Waals surface area contributed by atoms with E-state index in [2.05, 4.69) is 16.5 Å². The van der Waals surface area contributed by atoms with Crippen LogP contribution < -0.4 is 11.0 Å². The Morgan fingerprint density at radius 2 is 2.26 bits per heavy atom. The van der Waals surface area contributed by atoms with E-state index in [0.29, 0.717) is 5.56 Å². The van der Waals surface area contributed by atoms with Crippen molar-refractivity contribution in [1.29, 1.82) is 5.26 Å². The molecule has 1 fully saturated rings. The molecule has 1 aromatic carbocycles. The molecule has 23 heavy (non-hydrogen) atoms. The third-order valence-electron chi connectivity index (χ3n) is 4.11. The minimum atomic E-state index is -0.362. The molecule has 7 nitrogen and oxygen atoms in total. The van der Waals surface area contributed by atoms with Crippen LogP contribution in [0, 0.1) is 11.3 Å². The summed E-state index contributed by atoms with van der Waals surface area (Å²) in [5.41, 5.74) is 0.947. The first kappa shape index (κ1) is 15.0. The average molecular weight is 311 g/mol. The normalized spacial score (nSPS) is 15.0. The summed E-state index contributed by atoms with van der Waals surface area (Å²) >= 11 is 0. The molecule has 0 unspecified atom stereocenters. The van der Waals surface area contributed by atoms with Crippen LogP contribution in [0.15, 0.2) is 35.4 Å². The van der Waals surface area contributed by atoms with E-state index in [1.165, 1.54) is 15.6 Å². The van der Waals surface area contributed by atoms with Gasteiger partial charge in [0.25, 0.3) is 0 Å². The summed E-state index contributed by atoms with van der Waals surface area (Å²) in [6.45, 7) is 0.250. The van der Waals surface area contributed by atoms with Crippen LogP contribution in [0.3, 0.4) is 0 Å². The maximum Gasteiger partial charge on any atom is 0.345 e. The molecule has 1 aliphatic carbocycles. The van der Waals surface area contributed by atoms with Crippen molar-refractivity contribution in [3.8, 4) is 6.07 Å². The van der Waals surface area contributed by atoms with Gasteiger partial charge in [-0.05, 0) is 30.5 Å². The molecule has 7 heteroatoms. The predicted octanol–water partition coefficient (Wildman–Crippen LogP) is 0.649. The number of aryl methyl sites for hydroxylation is 2. The van der Waals surface area contributed by atoms with Crippen molar-refractivity contribution in [1.82, 2.24) is 19.7 Å². The van der Waals surface area contributed by atoms with Gasteiger partial charge in [-0.3, -0.25) is 9.36 Å². The minimum absolute atomic E-state index is 0.123. The highest BCUT2D eigenvalue weighted by atomic mass is 16.2. The Balaban J connectivity index is 1.64. The Hall–Kier alpha value is -2.88. The Bertz CT molecular complexity index is 839. The molecule has 0 aliphatic heterocycles. The molecule has 0 radical (unpaired) electrons. The second-order valence-corrected chi connectivity index (χ2v) is 5.82. The van der Waals surface area contributed by atoms with Crippen LogP contribution in [-0.4, -0.2) is 20.3 Å². The molecule has 0 bridgehead atoms. The van der Waals surface area contributed by atoms with Crippen LogP contribution in [0.25, 0.3) is 0 Å². The molecule has 2 aromatic rings. The van der Waals surface area contributed by atoms with Crippen molar-refractivity contribution >= 4 is 5.91 Å². The van der Waals surface area contributed by atoms with Crippen molar-refractivity contribution in [2.75, 3.05) is 0 Å². The van der Waals surface area contributed by atoms with E-state index in [0.717, 1.165) is 18.4 Å². The van der Waals surface area contributed by atoms with Gasteiger partial charge in [0.15, 0.2) is 0 Å². The molecule has 0 spiro atoms. The van der Waals surface area contributed by atoms with Crippen molar-refractivity contribution < 1.29 is 4.79 Å². The molecule has 1 aromatic heterocycles. The molecule has 0 atom stereocenters. The lowest BCUT2D eigenvalue weighted by Crippen LogP contribution is -2.36. The molecule has 1 N–H and O–H groups in total. The van der Waals surface area contributed by atoms with E-state index in [9.17, 15) is 9.59 Å². The maximum atomic E-state index is 12.2. The van der Waals surface area contributed by atoms with Crippen LogP contribution in [0.1, 0.15) is 30.4 Å². The van der Waals surface area contributed by atoms with Crippen LogP contribution >= 0.6 is 0 Å². The van der Waals surface area contributed by atoms with E-state index < -0.39 is 0 Å². The zero-order chi connectivity index (χ0) is 16.4. The Labute approximate surface area is 133 Å². The van der Waals surface area contributed by atoms with Crippen LogP contribution in [0.2, 0.25) is 0 Å². The fourth-order valence-electron chi connectivity index (χ4n) is 2.61. The summed E-state index contributed by atoms with van der Waals surface area (Å²) in [6, 6.07) is 9.43. The number of hydrogen-bond donors (Lipinski definition) is 1. The Morgan fingerprint density at radius 1 is 1.48 bits per heavy atom. The summed E-state index contributed by atoms with van der Waals surface area (Å²) in [7, 11) is 1.62. The standard InChI is InChI=1S/C16H17N5O2/c1-20-11-18-21(15(20)23)8-5-14(22)19-16(6-7-16)13-4-2-3-12(9-13)10-17/h2-4,9,11H,5-8H2,1H3,(H,19,22). The van der Waals surface area contributed by atoms with Gasteiger partial charge in [0.1, 0.15) is 6.33 Å². The lowest BCUT2D eigenvalue weighted by atomic mass is 10.0. The van der Waals surface area contributed by atoms with Gasteiger partial charge in [-0.15, -0.1) is 0 Å². The van der Waals surface area contributed by atoms with E-state index in [4.69, 9.17) is 5.26 Å². The second-order valence-electron chi connectivity index (χ2n) is 5.82. The molecule has 1 aliphatic rings. The van der Waals surface area contributed by atoms with Crippen LogP contribution in [0.5, 0.6) is 0 Å². The first-order valence-corrected chi connectivity index (χ1v) is 7.44. The van der Waals surface area contributed by atoms with Gasteiger partial charge in [-0.2, -0.15) is 10.4 Å². The minimum Gasteiger partial charge on any atom is -0.347 e. The second kappa shape index (κ2) is 5.72. The predicted molar refractivity (Wildman–Crippen MR) is 82.3 cm³/mol. The quantitative estimate of drug-likeness (QED) is 0.877. The molecule has 1 saturated carbocycles. The fourth-order valence-corrected chi connectivity index (χ4v) is 2.61. The first-order valence-electron chi connectivity index (χ1n) is 7.44. The van der Waals surface area contributed by atoms with Gasteiger partial charge in [0, 0.05) is 13.5 Å². The smallest absolute Gasteiger partial charge is 0.345 e. The maximum absolute atomic E-state index is 12.2. The summed E-state index contributed by atoms with van der Waals surface area (Å²) in [5.74, 6) is -0.123.